The van der Waals surface area contributed by atoms with Gasteiger partial charge in [-0.15, -0.1) is 23.1 Å². The van der Waals surface area contributed by atoms with Gasteiger partial charge in [0.2, 0.25) is 5.91 Å². The SMILES string of the molecule is Cc1cc(C)c(-c2csc(NC(=O)CSc3ccc(O)cc3)n2)c(C)c1. The maximum Gasteiger partial charge on any atom is 0.236 e. The normalized spacial score (nSPS) is 10.7. The number of thiazole rings is 1. The highest BCUT2D eigenvalue weighted by molar-refractivity contribution is 8.00. The van der Waals surface area contributed by atoms with Crippen molar-refractivity contribution in [2.45, 2.75) is 25.7 Å². The van der Waals surface area contributed by atoms with E-state index in [0.717, 1.165) is 16.2 Å². The Hall–Kier alpha value is -2.31. The number of benzene rings is 2. The van der Waals surface area contributed by atoms with Crippen molar-refractivity contribution in [2.75, 3.05) is 11.1 Å². The summed E-state index contributed by atoms with van der Waals surface area (Å²) in [5.41, 5.74) is 5.64. The third-order valence-corrected chi connectivity index (χ3v) is 5.66. The van der Waals surface area contributed by atoms with Gasteiger partial charge >= 0.3 is 0 Å². The van der Waals surface area contributed by atoms with Crippen LogP contribution < -0.4 is 5.32 Å². The van der Waals surface area contributed by atoms with Crippen LogP contribution in [0.15, 0.2) is 46.7 Å². The lowest BCUT2D eigenvalue weighted by molar-refractivity contribution is -0.113. The Morgan fingerprint density at radius 2 is 1.81 bits per heavy atom. The summed E-state index contributed by atoms with van der Waals surface area (Å²) in [6, 6.07) is 11.1. The van der Waals surface area contributed by atoms with Crippen molar-refractivity contribution >= 4 is 34.1 Å². The monoisotopic (exact) mass is 384 g/mol. The molecule has 0 aliphatic heterocycles. The number of thioether (sulfide) groups is 1. The summed E-state index contributed by atoms with van der Waals surface area (Å²) in [5.74, 6) is 0.416. The first kappa shape index (κ1) is 18.5. The summed E-state index contributed by atoms with van der Waals surface area (Å²) in [4.78, 5) is 17.7. The lowest BCUT2D eigenvalue weighted by Crippen LogP contribution is -2.13. The van der Waals surface area contributed by atoms with Gasteiger partial charge in [-0.25, -0.2) is 4.98 Å². The molecule has 2 N–H and O–H groups in total. The lowest BCUT2D eigenvalue weighted by Gasteiger charge is -2.08. The third-order valence-electron chi connectivity index (χ3n) is 3.89. The number of hydrogen-bond acceptors (Lipinski definition) is 5. The number of nitrogens with one attached hydrogen (secondary N) is 1. The molecular formula is C20H20N2O2S2. The first-order valence-corrected chi connectivity index (χ1v) is 10.0. The van der Waals surface area contributed by atoms with Gasteiger partial charge in [-0.2, -0.15) is 0 Å². The van der Waals surface area contributed by atoms with Gasteiger partial charge < -0.3 is 10.4 Å². The molecule has 0 bridgehead atoms. The van der Waals surface area contributed by atoms with Crippen LogP contribution in [0.5, 0.6) is 5.75 Å². The standard InChI is InChI=1S/C20H20N2O2S2/c1-12-8-13(2)19(14(3)9-12)17-10-26-20(21-17)22-18(24)11-25-16-6-4-15(23)5-7-16/h4-10,23H,11H2,1-3H3,(H,21,22,24). The van der Waals surface area contributed by atoms with Crippen molar-refractivity contribution in [2.24, 2.45) is 0 Å². The van der Waals surface area contributed by atoms with E-state index < -0.39 is 0 Å². The maximum absolute atomic E-state index is 12.2. The Labute approximate surface area is 161 Å². The molecule has 1 amide bonds. The zero-order valence-electron chi connectivity index (χ0n) is 14.9. The minimum absolute atomic E-state index is 0.0960. The smallest absolute Gasteiger partial charge is 0.236 e. The number of nitrogens with zero attached hydrogens (tertiary/aromatic N) is 1. The highest BCUT2D eigenvalue weighted by Crippen LogP contribution is 2.31. The van der Waals surface area contributed by atoms with Crippen molar-refractivity contribution in [3.63, 3.8) is 0 Å². The van der Waals surface area contributed by atoms with E-state index in [1.54, 1.807) is 24.3 Å². The van der Waals surface area contributed by atoms with Crippen molar-refractivity contribution in [1.82, 2.24) is 4.98 Å². The van der Waals surface area contributed by atoms with E-state index in [1.165, 1.54) is 39.8 Å². The van der Waals surface area contributed by atoms with E-state index in [2.05, 4.69) is 43.2 Å². The van der Waals surface area contributed by atoms with Crippen LogP contribution in [0.1, 0.15) is 16.7 Å². The topological polar surface area (TPSA) is 62.2 Å². The number of aromatic hydroxyl groups is 1. The predicted molar refractivity (Wildman–Crippen MR) is 109 cm³/mol. The van der Waals surface area contributed by atoms with E-state index in [9.17, 15) is 9.90 Å². The van der Waals surface area contributed by atoms with E-state index in [0.29, 0.717) is 10.9 Å². The first-order chi connectivity index (χ1) is 12.4. The first-order valence-electron chi connectivity index (χ1n) is 8.18. The number of amides is 1. The fourth-order valence-corrected chi connectivity index (χ4v) is 4.29. The summed E-state index contributed by atoms with van der Waals surface area (Å²) in [6.07, 6.45) is 0. The Bertz CT molecular complexity index is 910. The zero-order chi connectivity index (χ0) is 18.7. The molecule has 3 rings (SSSR count). The summed E-state index contributed by atoms with van der Waals surface area (Å²) < 4.78 is 0. The van der Waals surface area contributed by atoms with E-state index in [4.69, 9.17) is 0 Å². The van der Waals surface area contributed by atoms with Gasteiger partial charge in [0.05, 0.1) is 11.4 Å². The van der Waals surface area contributed by atoms with Gasteiger partial charge in [-0.3, -0.25) is 4.79 Å². The Kier molecular flexibility index (Phi) is 5.64. The van der Waals surface area contributed by atoms with Crippen LogP contribution in [-0.4, -0.2) is 21.8 Å². The molecule has 0 spiro atoms. The van der Waals surface area contributed by atoms with Crippen LogP contribution in [0.3, 0.4) is 0 Å². The molecule has 1 heterocycles. The van der Waals surface area contributed by atoms with Gasteiger partial charge in [0, 0.05) is 15.8 Å². The van der Waals surface area contributed by atoms with Gasteiger partial charge in [0.25, 0.3) is 0 Å². The Morgan fingerprint density at radius 3 is 2.46 bits per heavy atom. The Balaban J connectivity index is 1.65. The van der Waals surface area contributed by atoms with Crippen molar-refractivity contribution in [3.8, 4) is 17.0 Å². The van der Waals surface area contributed by atoms with Gasteiger partial charge in [-0.05, 0) is 56.2 Å². The highest BCUT2D eigenvalue weighted by atomic mass is 32.2. The molecule has 0 aliphatic carbocycles. The summed E-state index contributed by atoms with van der Waals surface area (Å²) in [6.45, 7) is 6.25. The molecule has 0 atom stereocenters. The van der Waals surface area contributed by atoms with Crippen LogP contribution in [0.4, 0.5) is 5.13 Å². The Morgan fingerprint density at radius 1 is 1.15 bits per heavy atom. The molecule has 0 radical (unpaired) electrons. The lowest BCUT2D eigenvalue weighted by atomic mass is 9.98. The minimum atomic E-state index is -0.0960. The highest BCUT2D eigenvalue weighted by Gasteiger charge is 2.12. The van der Waals surface area contributed by atoms with Crippen LogP contribution >= 0.6 is 23.1 Å². The number of phenols is 1. The predicted octanol–water partition coefficient (Wildman–Crippen LogP) is 5.17. The number of carbonyl (C=O) groups excluding carboxylic acids is 1. The molecule has 4 nitrogen and oxygen atoms in total. The quantitative estimate of drug-likeness (QED) is 0.596. The van der Waals surface area contributed by atoms with E-state index in [1.807, 2.05) is 5.38 Å². The summed E-state index contributed by atoms with van der Waals surface area (Å²) in [5, 5.41) is 14.7. The molecular weight excluding hydrogens is 364 g/mol. The summed E-state index contributed by atoms with van der Waals surface area (Å²) >= 11 is 2.85. The number of phenolic OH excluding ortho intramolecular Hbond substituents is 1. The molecule has 0 saturated carbocycles. The molecule has 26 heavy (non-hydrogen) atoms. The van der Waals surface area contributed by atoms with E-state index >= 15 is 0 Å². The van der Waals surface area contributed by atoms with Crippen LogP contribution in [0, 0.1) is 20.8 Å². The number of anilines is 1. The molecule has 0 fully saturated rings. The number of hydrogen-bond donors (Lipinski definition) is 2. The van der Waals surface area contributed by atoms with Gasteiger partial charge in [-0.1, -0.05) is 17.7 Å². The largest absolute Gasteiger partial charge is 0.508 e. The summed E-state index contributed by atoms with van der Waals surface area (Å²) in [7, 11) is 0. The average Bonchev–Trinajstić information content (AvgIpc) is 3.01. The van der Waals surface area contributed by atoms with Gasteiger partial charge in [0.1, 0.15) is 5.75 Å². The second kappa shape index (κ2) is 7.93. The molecule has 3 aromatic rings. The second-order valence-corrected chi connectivity index (χ2v) is 8.05. The van der Waals surface area contributed by atoms with Crippen LogP contribution in [0.2, 0.25) is 0 Å². The van der Waals surface area contributed by atoms with E-state index in [-0.39, 0.29) is 11.7 Å². The molecule has 6 heteroatoms. The molecule has 0 unspecified atom stereocenters. The fraction of sp³-hybridized carbons (Fsp3) is 0.200. The van der Waals surface area contributed by atoms with Gasteiger partial charge in [0.15, 0.2) is 5.13 Å². The van der Waals surface area contributed by atoms with Crippen molar-refractivity contribution < 1.29 is 9.90 Å². The average molecular weight is 385 g/mol. The molecule has 134 valence electrons. The van der Waals surface area contributed by atoms with Crippen molar-refractivity contribution in [1.29, 1.82) is 0 Å². The fourth-order valence-electron chi connectivity index (χ4n) is 2.88. The van der Waals surface area contributed by atoms with Crippen LogP contribution in [-0.2, 0) is 4.79 Å². The number of rotatable bonds is 5. The number of aromatic nitrogens is 1. The number of carbonyl (C=O) groups is 1. The van der Waals surface area contributed by atoms with Crippen LogP contribution in [0.25, 0.3) is 11.3 Å². The molecule has 2 aromatic carbocycles. The molecule has 0 saturated heterocycles. The molecule has 0 aliphatic rings. The zero-order valence-corrected chi connectivity index (χ0v) is 16.5. The molecule has 1 aromatic heterocycles. The van der Waals surface area contributed by atoms with Crippen molar-refractivity contribution in [3.05, 3.63) is 58.5 Å². The maximum atomic E-state index is 12.2. The number of aryl methyl sites for hydroxylation is 3. The minimum Gasteiger partial charge on any atom is -0.508 e. The second-order valence-electron chi connectivity index (χ2n) is 6.14. The third kappa shape index (κ3) is 4.45.